The quantitative estimate of drug-likeness (QED) is 0.770. The fraction of sp³-hybridized carbons (Fsp3) is 0.167. The van der Waals surface area contributed by atoms with Gasteiger partial charge in [0.25, 0.3) is 5.91 Å². The fourth-order valence-electron chi connectivity index (χ4n) is 2.21. The van der Waals surface area contributed by atoms with Crippen LogP contribution in [0.15, 0.2) is 53.1 Å². The van der Waals surface area contributed by atoms with Crippen LogP contribution in [0, 0.1) is 5.82 Å². The van der Waals surface area contributed by atoms with Gasteiger partial charge in [-0.05, 0) is 55.5 Å². The molecule has 0 aliphatic heterocycles. The third kappa shape index (κ3) is 3.82. The van der Waals surface area contributed by atoms with Gasteiger partial charge in [-0.2, -0.15) is 4.98 Å². The molecule has 1 N–H and O–H groups in total. The number of ether oxygens (including phenoxy) is 1. The Hall–Kier alpha value is -3.22. The van der Waals surface area contributed by atoms with Crippen LogP contribution >= 0.6 is 0 Å². The molecule has 0 saturated carbocycles. The average Bonchev–Trinajstić information content (AvgIpc) is 3.12. The predicted octanol–water partition coefficient (Wildman–Crippen LogP) is 3.38. The second kappa shape index (κ2) is 7.12. The molecule has 0 saturated heterocycles. The van der Waals surface area contributed by atoms with Crippen molar-refractivity contribution in [1.82, 2.24) is 15.5 Å². The van der Waals surface area contributed by atoms with Crippen LogP contribution in [0.3, 0.4) is 0 Å². The molecule has 3 rings (SSSR count). The molecule has 1 atom stereocenters. The molecule has 0 radical (unpaired) electrons. The molecule has 6 nitrogen and oxygen atoms in total. The van der Waals surface area contributed by atoms with Crippen molar-refractivity contribution in [3.05, 3.63) is 65.8 Å². The molecule has 0 fully saturated rings. The van der Waals surface area contributed by atoms with Crippen LogP contribution in [0.5, 0.6) is 5.75 Å². The maximum absolute atomic E-state index is 13.0. The minimum absolute atomic E-state index is 0.265. The van der Waals surface area contributed by atoms with E-state index in [1.54, 1.807) is 50.4 Å². The first-order valence-electron chi connectivity index (χ1n) is 7.61. The summed E-state index contributed by atoms with van der Waals surface area (Å²) in [6.45, 7) is 1.74. The largest absolute Gasteiger partial charge is 0.497 e. The van der Waals surface area contributed by atoms with Crippen molar-refractivity contribution >= 4 is 5.91 Å². The van der Waals surface area contributed by atoms with Gasteiger partial charge in [-0.1, -0.05) is 5.16 Å². The SMILES string of the molecule is COc1ccc(C(=O)N[C@@H](C)c2nc(-c3ccc(F)cc3)no2)cc1. The normalized spacial score (nSPS) is 11.8. The lowest BCUT2D eigenvalue weighted by atomic mass is 10.2. The van der Waals surface area contributed by atoms with Gasteiger partial charge in [-0.3, -0.25) is 4.79 Å². The molecule has 128 valence electrons. The number of aromatic nitrogens is 2. The zero-order valence-electron chi connectivity index (χ0n) is 13.7. The monoisotopic (exact) mass is 341 g/mol. The zero-order chi connectivity index (χ0) is 17.8. The van der Waals surface area contributed by atoms with E-state index < -0.39 is 6.04 Å². The number of hydrogen-bond donors (Lipinski definition) is 1. The van der Waals surface area contributed by atoms with Gasteiger partial charge in [0.1, 0.15) is 17.6 Å². The minimum Gasteiger partial charge on any atom is -0.497 e. The molecule has 0 spiro atoms. The first kappa shape index (κ1) is 16.6. The highest BCUT2D eigenvalue weighted by atomic mass is 19.1. The average molecular weight is 341 g/mol. The summed E-state index contributed by atoms with van der Waals surface area (Å²) in [5.74, 6) is 0.663. The van der Waals surface area contributed by atoms with Gasteiger partial charge in [-0.25, -0.2) is 4.39 Å². The number of benzene rings is 2. The van der Waals surface area contributed by atoms with E-state index in [2.05, 4.69) is 15.5 Å². The summed E-state index contributed by atoms with van der Waals surface area (Å²) in [5, 5.41) is 6.65. The Morgan fingerprint density at radius 3 is 2.48 bits per heavy atom. The third-order valence-electron chi connectivity index (χ3n) is 3.61. The molecule has 25 heavy (non-hydrogen) atoms. The summed E-state index contributed by atoms with van der Waals surface area (Å²) in [5.41, 5.74) is 1.12. The van der Waals surface area contributed by atoms with Gasteiger partial charge < -0.3 is 14.6 Å². The van der Waals surface area contributed by atoms with Crippen molar-refractivity contribution in [3.63, 3.8) is 0 Å². The van der Waals surface area contributed by atoms with E-state index in [1.807, 2.05) is 0 Å². The second-order valence-electron chi connectivity index (χ2n) is 5.39. The number of halogens is 1. The lowest BCUT2D eigenvalue weighted by Crippen LogP contribution is -2.26. The summed E-state index contributed by atoms with van der Waals surface area (Å²) in [6, 6.07) is 12.0. The Kier molecular flexibility index (Phi) is 4.74. The molecular weight excluding hydrogens is 325 g/mol. The Balaban J connectivity index is 1.69. The lowest BCUT2D eigenvalue weighted by Gasteiger charge is -2.10. The molecule has 1 amide bonds. The molecule has 0 unspecified atom stereocenters. The number of methoxy groups -OCH3 is 1. The summed E-state index contributed by atoms with van der Waals surface area (Å²) in [6.07, 6.45) is 0. The minimum atomic E-state index is -0.476. The van der Waals surface area contributed by atoms with Crippen molar-refractivity contribution in [3.8, 4) is 17.1 Å². The number of amides is 1. The number of carbonyl (C=O) groups excluding carboxylic acids is 1. The van der Waals surface area contributed by atoms with E-state index >= 15 is 0 Å². The van der Waals surface area contributed by atoms with Crippen LogP contribution in [0.4, 0.5) is 4.39 Å². The van der Waals surface area contributed by atoms with Crippen molar-refractivity contribution in [1.29, 1.82) is 0 Å². The van der Waals surface area contributed by atoms with E-state index in [1.165, 1.54) is 12.1 Å². The Morgan fingerprint density at radius 1 is 1.16 bits per heavy atom. The first-order chi connectivity index (χ1) is 12.1. The Bertz CT molecular complexity index is 860. The van der Waals surface area contributed by atoms with E-state index in [0.29, 0.717) is 22.7 Å². The third-order valence-corrected chi connectivity index (χ3v) is 3.61. The van der Waals surface area contributed by atoms with Gasteiger partial charge >= 0.3 is 0 Å². The molecule has 0 aliphatic rings. The number of nitrogens with zero attached hydrogens (tertiary/aromatic N) is 2. The molecule has 2 aromatic carbocycles. The highest BCUT2D eigenvalue weighted by Gasteiger charge is 2.18. The number of carbonyl (C=O) groups is 1. The van der Waals surface area contributed by atoms with Crippen LogP contribution in [0.25, 0.3) is 11.4 Å². The molecule has 3 aromatic rings. The highest BCUT2D eigenvalue weighted by Crippen LogP contribution is 2.19. The molecular formula is C18H16FN3O3. The van der Waals surface area contributed by atoms with Crippen LogP contribution in [-0.2, 0) is 0 Å². The second-order valence-corrected chi connectivity index (χ2v) is 5.39. The topological polar surface area (TPSA) is 77.2 Å². The molecule has 0 aliphatic carbocycles. The molecule has 0 bridgehead atoms. The summed E-state index contributed by atoms with van der Waals surface area (Å²) in [7, 11) is 1.56. The molecule has 1 aromatic heterocycles. The van der Waals surface area contributed by atoms with Crippen LogP contribution in [0.1, 0.15) is 29.2 Å². The van der Waals surface area contributed by atoms with Crippen molar-refractivity contribution in [2.45, 2.75) is 13.0 Å². The number of nitrogens with one attached hydrogen (secondary N) is 1. The molecule has 7 heteroatoms. The number of hydrogen-bond acceptors (Lipinski definition) is 5. The number of rotatable bonds is 5. The van der Waals surface area contributed by atoms with Crippen molar-refractivity contribution in [2.75, 3.05) is 7.11 Å². The van der Waals surface area contributed by atoms with Gasteiger partial charge in [-0.15, -0.1) is 0 Å². The van der Waals surface area contributed by atoms with E-state index in [9.17, 15) is 9.18 Å². The van der Waals surface area contributed by atoms with Crippen LogP contribution < -0.4 is 10.1 Å². The van der Waals surface area contributed by atoms with Crippen LogP contribution in [-0.4, -0.2) is 23.2 Å². The predicted molar refractivity (Wildman–Crippen MR) is 88.6 cm³/mol. The van der Waals surface area contributed by atoms with E-state index in [0.717, 1.165) is 0 Å². The maximum Gasteiger partial charge on any atom is 0.251 e. The van der Waals surface area contributed by atoms with Crippen LogP contribution in [0.2, 0.25) is 0 Å². The van der Waals surface area contributed by atoms with E-state index in [4.69, 9.17) is 9.26 Å². The van der Waals surface area contributed by atoms with Crippen molar-refractivity contribution in [2.24, 2.45) is 0 Å². The highest BCUT2D eigenvalue weighted by molar-refractivity contribution is 5.94. The van der Waals surface area contributed by atoms with Gasteiger partial charge in [0.05, 0.1) is 7.11 Å². The van der Waals surface area contributed by atoms with Gasteiger partial charge in [0, 0.05) is 11.1 Å². The smallest absolute Gasteiger partial charge is 0.251 e. The standard InChI is InChI=1S/C18H16FN3O3/c1-11(20-17(23)13-5-9-15(24-2)10-6-13)18-21-16(22-25-18)12-3-7-14(19)8-4-12/h3-11H,1-2H3,(H,20,23)/t11-/m0/s1. The zero-order valence-corrected chi connectivity index (χ0v) is 13.7. The van der Waals surface area contributed by atoms with E-state index in [-0.39, 0.29) is 17.6 Å². The summed E-state index contributed by atoms with van der Waals surface area (Å²) >= 11 is 0. The van der Waals surface area contributed by atoms with Gasteiger partial charge in [0.15, 0.2) is 0 Å². The van der Waals surface area contributed by atoms with Gasteiger partial charge in [0.2, 0.25) is 11.7 Å². The molecule has 1 heterocycles. The Labute approximate surface area is 143 Å². The summed E-state index contributed by atoms with van der Waals surface area (Å²) in [4.78, 5) is 16.5. The van der Waals surface area contributed by atoms with Crippen molar-refractivity contribution < 1.29 is 18.4 Å². The Morgan fingerprint density at radius 2 is 1.84 bits per heavy atom. The lowest BCUT2D eigenvalue weighted by molar-refractivity contribution is 0.0932. The maximum atomic E-state index is 13.0. The fourth-order valence-corrected chi connectivity index (χ4v) is 2.21. The first-order valence-corrected chi connectivity index (χ1v) is 7.61. The summed E-state index contributed by atoms with van der Waals surface area (Å²) < 4.78 is 23.2.